The van der Waals surface area contributed by atoms with Crippen molar-refractivity contribution in [3.8, 4) is 0 Å². The molecule has 2 amide bonds. The molecule has 2 N–H and O–H groups in total. The number of nitrogens with one attached hydrogen (secondary N) is 2. The van der Waals surface area contributed by atoms with Gasteiger partial charge in [-0.05, 0) is 23.6 Å². The number of hydrogen-bond acceptors (Lipinski definition) is 2. The molecule has 0 bridgehead atoms. The van der Waals surface area contributed by atoms with E-state index in [0.29, 0.717) is 0 Å². The zero-order valence-corrected chi connectivity index (χ0v) is 15.8. The molecule has 0 aliphatic rings. The van der Waals surface area contributed by atoms with E-state index < -0.39 is 5.92 Å². The van der Waals surface area contributed by atoms with Crippen molar-refractivity contribution >= 4 is 11.8 Å². The Labute approximate surface area is 165 Å². The molecule has 0 heterocycles. The maximum absolute atomic E-state index is 12.9. The lowest BCUT2D eigenvalue weighted by molar-refractivity contribution is -0.126. The molecule has 0 unspecified atom stereocenters. The molecule has 3 rings (SSSR count). The fourth-order valence-corrected chi connectivity index (χ4v) is 3.17. The largest absolute Gasteiger partial charge is 0.348 e. The van der Waals surface area contributed by atoms with Crippen LogP contribution in [-0.4, -0.2) is 18.4 Å². The van der Waals surface area contributed by atoms with E-state index in [2.05, 4.69) is 10.6 Å². The maximum atomic E-state index is 12.9. The number of benzene rings is 3. The average molecular weight is 372 g/mol. The number of hydrogen-bond donors (Lipinski definition) is 2. The fourth-order valence-electron chi connectivity index (χ4n) is 3.17. The molecule has 0 saturated carbocycles. The summed E-state index contributed by atoms with van der Waals surface area (Å²) in [6.45, 7) is 1.86. The van der Waals surface area contributed by atoms with Crippen LogP contribution in [0.1, 0.15) is 35.6 Å². The summed E-state index contributed by atoms with van der Waals surface area (Å²) in [5, 5.41) is 5.70. The van der Waals surface area contributed by atoms with E-state index in [4.69, 9.17) is 0 Å². The second-order valence-electron chi connectivity index (χ2n) is 6.67. The first-order chi connectivity index (χ1) is 13.6. The van der Waals surface area contributed by atoms with E-state index in [1.54, 1.807) is 0 Å². The van der Waals surface area contributed by atoms with Gasteiger partial charge in [0.2, 0.25) is 11.8 Å². The molecule has 3 aromatic carbocycles. The molecule has 28 heavy (non-hydrogen) atoms. The van der Waals surface area contributed by atoms with Crippen molar-refractivity contribution in [1.82, 2.24) is 10.6 Å². The van der Waals surface area contributed by atoms with E-state index in [-0.39, 0.29) is 24.4 Å². The Hall–Kier alpha value is -3.40. The van der Waals surface area contributed by atoms with Crippen LogP contribution < -0.4 is 10.6 Å². The lowest BCUT2D eigenvalue weighted by atomic mass is 9.90. The third kappa shape index (κ3) is 5.07. The molecule has 0 aliphatic carbocycles. The minimum atomic E-state index is -0.457. The molecule has 0 radical (unpaired) electrons. The zero-order valence-electron chi connectivity index (χ0n) is 15.8. The molecule has 142 valence electrons. The maximum Gasteiger partial charge on any atom is 0.239 e. The number of rotatable bonds is 7. The molecule has 0 fully saturated rings. The Morgan fingerprint density at radius 1 is 0.714 bits per heavy atom. The molecule has 1 atom stereocenters. The predicted molar refractivity (Wildman–Crippen MR) is 111 cm³/mol. The van der Waals surface area contributed by atoms with Gasteiger partial charge < -0.3 is 10.6 Å². The van der Waals surface area contributed by atoms with Crippen LogP contribution in [-0.2, 0) is 9.59 Å². The molecule has 4 nitrogen and oxygen atoms in total. The molecule has 4 heteroatoms. The lowest BCUT2D eigenvalue weighted by Gasteiger charge is -2.19. The van der Waals surface area contributed by atoms with Crippen LogP contribution in [0.2, 0.25) is 0 Å². The summed E-state index contributed by atoms with van der Waals surface area (Å²) < 4.78 is 0. The van der Waals surface area contributed by atoms with Crippen molar-refractivity contribution in [2.24, 2.45) is 0 Å². The summed E-state index contributed by atoms with van der Waals surface area (Å²) in [7, 11) is 0. The van der Waals surface area contributed by atoms with Gasteiger partial charge in [0.25, 0.3) is 0 Å². The van der Waals surface area contributed by atoms with Crippen LogP contribution in [0.15, 0.2) is 91.0 Å². The van der Waals surface area contributed by atoms with E-state index in [1.165, 1.54) is 0 Å². The SMILES string of the molecule is C[C@H](NC(=O)CNC(=O)C(c1ccccc1)c1ccccc1)c1ccccc1. The smallest absolute Gasteiger partial charge is 0.239 e. The molecule has 0 aromatic heterocycles. The third-order valence-electron chi connectivity index (χ3n) is 4.63. The van der Waals surface area contributed by atoms with Gasteiger partial charge in [-0.1, -0.05) is 91.0 Å². The van der Waals surface area contributed by atoms with E-state index in [0.717, 1.165) is 16.7 Å². The van der Waals surface area contributed by atoms with Gasteiger partial charge >= 0.3 is 0 Å². The van der Waals surface area contributed by atoms with Gasteiger partial charge in [0.05, 0.1) is 18.5 Å². The highest BCUT2D eigenvalue weighted by Gasteiger charge is 2.23. The van der Waals surface area contributed by atoms with Crippen LogP contribution in [0, 0.1) is 0 Å². The molecule has 0 spiro atoms. The van der Waals surface area contributed by atoms with Crippen LogP contribution in [0.25, 0.3) is 0 Å². The first-order valence-corrected chi connectivity index (χ1v) is 9.37. The molecule has 3 aromatic rings. The summed E-state index contributed by atoms with van der Waals surface area (Å²) in [4.78, 5) is 25.2. The van der Waals surface area contributed by atoms with Crippen LogP contribution in [0.5, 0.6) is 0 Å². The summed E-state index contributed by atoms with van der Waals surface area (Å²) >= 11 is 0. The first kappa shape index (κ1) is 19.4. The fraction of sp³-hybridized carbons (Fsp3) is 0.167. The van der Waals surface area contributed by atoms with Crippen LogP contribution in [0.4, 0.5) is 0 Å². The van der Waals surface area contributed by atoms with Crippen molar-refractivity contribution in [2.45, 2.75) is 18.9 Å². The van der Waals surface area contributed by atoms with Crippen molar-refractivity contribution in [2.75, 3.05) is 6.54 Å². The van der Waals surface area contributed by atoms with Crippen LogP contribution in [0.3, 0.4) is 0 Å². The van der Waals surface area contributed by atoms with Gasteiger partial charge in [-0.25, -0.2) is 0 Å². The standard InChI is InChI=1S/C24H24N2O2/c1-18(19-11-5-2-6-12-19)26-22(27)17-25-24(28)23(20-13-7-3-8-14-20)21-15-9-4-10-16-21/h2-16,18,23H,17H2,1H3,(H,25,28)(H,26,27)/t18-/m0/s1. The Morgan fingerprint density at radius 3 is 1.61 bits per heavy atom. The minimum Gasteiger partial charge on any atom is -0.348 e. The minimum absolute atomic E-state index is 0.0633. The first-order valence-electron chi connectivity index (χ1n) is 9.37. The van der Waals surface area contributed by atoms with Gasteiger partial charge in [0.1, 0.15) is 0 Å². The van der Waals surface area contributed by atoms with E-state index in [9.17, 15) is 9.59 Å². The van der Waals surface area contributed by atoms with Crippen molar-refractivity contribution < 1.29 is 9.59 Å². The quantitative estimate of drug-likeness (QED) is 0.663. The van der Waals surface area contributed by atoms with Gasteiger partial charge in [-0.3, -0.25) is 9.59 Å². The van der Waals surface area contributed by atoms with E-state index >= 15 is 0 Å². The Morgan fingerprint density at radius 2 is 1.14 bits per heavy atom. The predicted octanol–water partition coefficient (Wildman–Crippen LogP) is 3.81. The van der Waals surface area contributed by atoms with Crippen LogP contribution >= 0.6 is 0 Å². The lowest BCUT2D eigenvalue weighted by Crippen LogP contribution is -2.40. The summed E-state index contributed by atoms with van der Waals surface area (Å²) in [5.74, 6) is -0.869. The Kier molecular flexibility index (Phi) is 6.58. The Bertz CT molecular complexity index is 856. The zero-order chi connectivity index (χ0) is 19.8. The summed E-state index contributed by atoms with van der Waals surface area (Å²) in [5.41, 5.74) is 2.81. The van der Waals surface area contributed by atoms with Crippen molar-refractivity contribution in [3.05, 3.63) is 108 Å². The average Bonchev–Trinajstić information content (AvgIpc) is 2.74. The van der Waals surface area contributed by atoms with E-state index in [1.807, 2.05) is 97.9 Å². The Balaban J connectivity index is 1.65. The number of carbonyl (C=O) groups is 2. The highest BCUT2D eigenvalue weighted by Crippen LogP contribution is 2.24. The third-order valence-corrected chi connectivity index (χ3v) is 4.63. The summed E-state index contributed by atoms with van der Waals surface area (Å²) in [6, 6.07) is 28.8. The molecular formula is C24H24N2O2. The highest BCUT2D eigenvalue weighted by molar-refractivity contribution is 5.90. The topological polar surface area (TPSA) is 58.2 Å². The van der Waals surface area contributed by atoms with Gasteiger partial charge in [0, 0.05) is 0 Å². The normalized spacial score (nSPS) is 11.6. The van der Waals surface area contributed by atoms with Crippen molar-refractivity contribution in [3.63, 3.8) is 0 Å². The molecule has 0 aliphatic heterocycles. The molecule has 0 saturated heterocycles. The van der Waals surface area contributed by atoms with Gasteiger partial charge in [-0.15, -0.1) is 0 Å². The summed E-state index contributed by atoms with van der Waals surface area (Å²) in [6.07, 6.45) is 0. The number of amides is 2. The second-order valence-corrected chi connectivity index (χ2v) is 6.67. The highest BCUT2D eigenvalue weighted by atomic mass is 16.2. The van der Waals surface area contributed by atoms with Crippen molar-refractivity contribution in [1.29, 1.82) is 0 Å². The van der Waals surface area contributed by atoms with Gasteiger partial charge in [-0.2, -0.15) is 0 Å². The molecular weight excluding hydrogens is 348 g/mol. The number of carbonyl (C=O) groups excluding carboxylic acids is 2. The second kappa shape index (κ2) is 9.51. The monoisotopic (exact) mass is 372 g/mol. The van der Waals surface area contributed by atoms with Gasteiger partial charge in [0.15, 0.2) is 0 Å².